The summed E-state index contributed by atoms with van der Waals surface area (Å²) >= 11 is 0. The number of aromatic amines is 1. The zero-order valence-electron chi connectivity index (χ0n) is 23.9. The van der Waals surface area contributed by atoms with Gasteiger partial charge in [0, 0.05) is 0 Å². The number of hydrogen-bond donors (Lipinski definition) is 1. The van der Waals surface area contributed by atoms with Crippen LogP contribution in [-0.2, 0) is 29.8 Å². The first-order valence-electron chi connectivity index (χ1n) is 10.8. The molecule has 3 aromatic rings. The van der Waals surface area contributed by atoms with E-state index in [2.05, 4.69) is 10.2 Å². The number of aromatic nitrogens is 2. The summed E-state index contributed by atoms with van der Waals surface area (Å²) in [6.07, 6.45) is 2.79. The molecule has 0 bridgehead atoms. The Hall–Kier alpha value is -1.17. The number of aliphatic carboxylic acids is 1. The van der Waals surface area contributed by atoms with Gasteiger partial charge in [-0.3, -0.25) is 19.4 Å². The Bertz CT molecular complexity index is 1990. The van der Waals surface area contributed by atoms with E-state index in [1.807, 2.05) is 0 Å². The van der Waals surface area contributed by atoms with Gasteiger partial charge in [-0.2, -0.15) is 10.1 Å². The van der Waals surface area contributed by atoms with Gasteiger partial charge in [-0.05, 0) is 60.7 Å². The van der Waals surface area contributed by atoms with Gasteiger partial charge in [-0.15, -0.1) is 0 Å². The molecule has 1 amide bonds. The monoisotopic (exact) mass is 692 g/mol. The average molecular weight is 692 g/mol. The van der Waals surface area contributed by atoms with Gasteiger partial charge < -0.3 is 28.9 Å². The second kappa shape index (κ2) is 17.3. The Labute approximate surface area is 342 Å². The van der Waals surface area contributed by atoms with Crippen molar-refractivity contribution in [2.24, 2.45) is 5.10 Å². The van der Waals surface area contributed by atoms with Crippen molar-refractivity contribution in [1.82, 2.24) is 9.78 Å². The van der Waals surface area contributed by atoms with E-state index in [0.29, 0.717) is 5.01 Å². The number of carboxylic acid groups (broad SMARTS) is 2. The molecule has 1 aromatic heterocycles. The molecule has 0 saturated heterocycles. The third kappa shape index (κ3) is 9.92. The molecule has 0 aliphatic carbocycles. The largest absolute Gasteiger partial charge is 1.00 e. The van der Waals surface area contributed by atoms with Gasteiger partial charge in [0.2, 0.25) is 0 Å². The fourth-order valence-electron chi connectivity index (χ4n) is 3.64. The van der Waals surface area contributed by atoms with Crippen molar-refractivity contribution >= 4 is 55.6 Å². The van der Waals surface area contributed by atoms with E-state index < -0.39 is 76.0 Å². The number of nitrogens with one attached hydrogen (secondary N) is 1. The van der Waals surface area contributed by atoms with Gasteiger partial charge in [-0.1, -0.05) is 6.08 Å². The second-order valence-electron chi connectivity index (χ2n) is 8.01. The van der Waals surface area contributed by atoms with Crippen LogP contribution in [0.2, 0.25) is 0 Å². The van der Waals surface area contributed by atoms with Crippen LogP contribution in [0.25, 0.3) is 11.8 Å². The number of anilines is 1. The number of allylic oxidation sites excluding steroid dienone is 2. The smallest absolute Gasteiger partial charge is 0.744 e. The minimum absolute atomic E-state index is 0. The summed E-state index contributed by atoms with van der Waals surface area (Å²) in [4.78, 5) is 47.6. The van der Waals surface area contributed by atoms with E-state index in [1.165, 1.54) is 0 Å². The zero-order chi connectivity index (χ0) is 30.3. The van der Waals surface area contributed by atoms with Crippen molar-refractivity contribution in [3.05, 3.63) is 87.9 Å². The number of carboxylic acids is 2. The van der Waals surface area contributed by atoms with Crippen molar-refractivity contribution < 1.29 is 169 Å². The van der Waals surface area contributed by atoms with Crippen molar-refractivity contribution in [2.45, 2.75) is 9.79 Å². The minimum atomic E-state index is -4.80. The quantitative estimate of drug-likeness (QED) is 0.131. The topological polar surface area (TPSA) is 265 Å². The third-order valence-corrected chi connectivity index (χ3v) is 7.18. The maximum atomic E-state index is 12.9. The Morgan fingerprint density at radius 2 is 1.22 bits per heavy atom. The summed E-state index contributed by atoms with van der Waals surface area (Å²) < 4.78 is 67.5. The molecule has 0 unspecified atom stereocenters. The number of amides is 1. The van der Waals surface area contributed by atoms with E-state index in [9.17, 15) is 55.3 Å². The van der Waals surface area contributed by atoms with Crippen molar-refractivity contribution in [3.8, 4) is 5.69 Å². The van der Waals surface area contributed by atoms with Crippen molar-refractivity contribution in [1.29, 1.82) is 0 Å². The molecular weight excluding hydrogens is 680 g/mol. The predicted octanol–water partition coefficient (Wildman–Crippen LogP) is -14.6. The molecule has 45 heavy (non-hydrogen) atoms. The number of rotatable bonds is 8. The zero-order valence-corrected chi connectivity index (χ0v) is 33.5. The molecule has 4 rings (SSSR count). The molecule has 0 fully saturated rings. The number of carbonyl (C=O) groups excluding carboxylic acids is 3. The van der Waals surface area contributed by atoms with Crippen LogP contribution in [-0.4, -0.2) is 59.3 Å². The normalized spacial score (nSPS) is 13.7. The van der Waals surface area contributed by atoms with Gasteiger partial charge in [0.15, 0.2) is 0 Å². The first-order chi connectivity index (χ1) is 19.1. The fraction of sp³-hybridized carbons (Fsp3) is 0. The SMILES string of the molecule is O=C([O-])C1=NN(c2ccc(S(=O)(=O)[O-])cc2)C(=O)/C1=C\C=C\c1c(C(=O)[O-])n(-c2ccc(S(=O)(=O)[O-])cc2)[nH]c1=O.[Na+].[Na+].[Na+].[Na+]. The van der Waals surface area contributed by atoms with E-state index in [-0.39, 0.29) is 130 Å². The molecule has 212 valence electrons. The Balaban J connectivity index is 0.00000484. The van der Waals surface area contributed by atoms with Crippen LogP contribution in [0.4, 0.5) is 5.69 Å². The van der Waals surface area contributed by atoms with Crippen molar-refractivity contribution in [2.75, 3.05) is 5.01 Å². The van der Waals surface area contributed by atoms with Crippen LogP contribution in [0, 0.1) is 0 Å². The maximum Gasteiger partial charge on any atom is 1.00 e. The van der Waals surface area contributed by atoms with Crippen LogP contribution in [0.5, 0.6) is 0 Å². The summed E-state index contributed by atoms with van der Waals surface area (Å²) in [6, 6.07) is 7.71. The Morgan fingerprint density at radius 3 is 1.64 bits per heavy atom. The molecule has 1 N–H and O–H groups in total. The van der Waals surface area contributed by atoms with Gasteiger partial charge in [0.05, 0.1) is 49.9 Å². The minimum Gasteiger partial charge on any atom is -0.744 e. The predicted molar refractivity (Wildman–Crippen MR) is 130 cm³/mol. The summed E-state index contributed by atoms with van der Waals surface area (Å²) in [6.45, 7) is 0. The second-order valence-corrected chi connectivity index (χ2v) is 10.8. The van der Waals surface area contributed by atoms with E-state index in [1.54, 1.807) is 0 Å². The Kier molecular flexibility index (Phi) is 16.8. The number of H-pyrrole nitrogens is 1. The number of hydrazone groups is 1. The molecule has 22 heteroatoms. The van der Waals surface area contributed by atoms with E-state index >= 15 is 0 Å². The summed E-state index contributed by atoms with van der Waals surface area (Å²) in [5.41, 5.74) is -3.77. The first kappa shape index (κ1) is 43.8. The van der Waals surface area contributed by atoms with Crippen LogP contribution < -0.4 is 139 Å². The number of benzene rings is 2. The van der Waals surface area contributed by atoms with Crippen LogP contribution in [0.1, 0.15) is 16.1 Å². The molecule has 2 aromatic carbocycles. The summed E-state index contributed by atoms with van der Waals surface area (Å²) in [5, 5.41) is 29.9. The first-order valence-corrected chi connectivity index (χ1v) is 13.6. The van der Waals surface area contributed by atoms with Crippen LogP contribution in [0.15, 0.2) is 85.9 Å². The van der Waals surface area contributed by atoms with E-state index in [0.717, 1.165) is 71.4 Å². The molecule has 0 saturated carbocycles. The molecule has 0 spiro atoms. The molecule has 1 aliphatic rings. The molecule has 0 atom stereocenters. The number of nitrogens with zero attached hydrogens (tertiary/aromatic N) is 3. The van der Waals surface area contributed by atoms with Crippen LogP contribution >= 0.6 is 0 Å². The average Bonchev–Trinajstić information content (AvgIpc) is 3.40. The maximum absolute atomic E-state index is 12.9. The molecular formula is C23H12N4Na4O12S2. The number of aromatic carboxylic acids is 1. The van der Waals surface area contributed by atoms with Gasteiger partial charge >= 0.3 is 118 Å². The molecule has 1 aliphatic heterocycles. The van der Waals surface area contributed by atoms with Gasteiger partial charge in [0.1, 0.15) is 25.9 Å². The molecule has 16 nitrogen and oxygen atoms in total. The van der Waals surface area contributed by atoms with Crippen LogP contribution in [0.3, 0.4) is 0 Å². The van der Waals surface area contributed by atoms with Gasteiger partial charge in [0.25, 0.3) is 11.5 Å². The van der Waals surface area contributed by atoms with Gasteiger partial charge in [-0.25, -0.2) is 16.8 Å². The molecule has 0 radical (unpaired) electrons. The number of hydrogen-bond acceptors (Lipinski definition) is 13. The molecule has 2 heterocycles. The van der Waals surface area contributed by atoms with E-state index in [4.69, 9.17) is 0 Å². The fourth-order valence-corrected chi connectivity index (χ4v) is 4.58. The standard InChI is InChI=1S/C23H16N4O12S2.4Na/c28-20-17(19(23(32)33)26(25-20)12-4-8-14(9-5-12)40(34,35)36)3-1-2-16-18(22(30)31)24-27(21(16)29)13-6-10-15(11-7-13)41(37,38)39;;;;/h1-11H,(H,25,28)(H,30,31)(H,32,33)(H,34,35,36)(H,37,38,39);;;;/q;4*+1/p-4/b3-1+,16-2-;;;;. The summed E-state index contributed by atoms with van der Waals surface area (Å²) in [5.74, 6) is -4.74. The summed E-state index contributed by atoms with van der Waals surface area (Å²) in [7, 11) is -9.59. The van der Waals surface area contributed by atoms with Crippen molar-refractivity contribution in [3.63, 3.8) is 0 Å². The third-order valence-electron chi connectivity index (χ3n) is 5.48. The Morgan fingerprint density at radius 1 is 0.756 bits per heavy atom. The number of carbonyl (C=O) groups is 3.